The second-order valence-electron chi connectivity index (χ2n) is 3.42. The van der Waals surface area contributed by atoms with E-state index < -0.39 is 10.9 Å². The summed E-state index contributed by atoms with van der Waals surface area (Å²) < 4.78 is 6.10. The van der Waals surface area contributed by atoms with Crippen molar-refractivity contribution >= 4 is 11.7 Å². The number of hydrogen-bond donors (Lipinski definition) is 0. The van der Waals surface area contributed by atoms with Crippen LogP contribution >= 0.6 is 0 Å². The molecule has 0 amide bonds. The Morgan fingerprint density at radius 1 is 1.50 bits per heavy atom. The number of imidazole rings is 1. The van der Waals surface area contributed by atoms with E-state index in [4.69, 9.17) is 0 Å². The molecule has 0 aliphatic carbocycles. The SMILES string of the molecule is COC(=O)c1ccc(-n2ccnc2)cc1[N+](=O)[O-]. The fourth-order valence-corrected chi connectivity index (χ4v) is 1.53. The van der Waals surface area contributed by atoms with Gasteiger partial charge >= 0.3 is 5.97 Å². The molecule has 1 aromatic carbocycles. The number of carbonyl (C=O) groups is 1. The van der Waals surface area contributed by atoms with Crippen molar-refractivity contribution < 1.29 is 14.5 Å². The fourth-order valence-electron chi connectivity index (χ4n) is 1.53. The topological polar surface area (TPSA) is 87.3 Å². The van der Waals surface area contributed by atoms with Gasteiger partial charge in [0.2, 0.25) is 0 Å². The van der Waals surface area contributed by atoms with Gasteiger partial charge in [0.05, 0.1) is 24.0 Å². The number of esters is 1. The highest BCUT2D eigenvalue weighted by Crippen LogP contribution is 2.23. The van der Waals surface area contributed by atoms with Crippen molar-refractivity contribution in [2.24, 2.45) is 0 Å². The summed E-state index contributed by atoms with van der Waals surface area (Å²) in [6.45, 7) is 0. The van der Waals surface area contributed by atoms with Gasteiger partial charge in [-0.05, 0) is 12.1 Å². The first-order chi connectivity index (χ1) is 8.63. The normalized spacial score (nSPS) is 10.1. The van der Waals surface area contributed by atoms with Crippen LogP contribution in [0.3, 0.4) is 0 Å². The lowest BCUT2D eigenvalue weighted by molar-refractivity contribution is -0.385. The maximum absolute atomic E-state index is 11.4. The Labute approximate surface area is 102 Å². The Kier molecular flexibility index (Phi) is 3.05. The van der Waals surface area contributed by atoms with Crippen LogP contribution in [0.15, 0.2) is 36.9 Å². The van der Waals surface area contributed by atoms with Gasteiger partial charge in [-0.15, -0.1) is 0 Å². The van der Waals surface area contributed by atoms with E-state index in [9.17, 15) is 14.9 Å². The Morgan fingerprint density at radius 2 is 2.28 bits per heavy atom. The summed E-state index contributed by atoms with van der Waals surface area (Å²) in [4.78, 5) is 25.6. The molecule has 2 rings (SSSR count). The van der Waals surface area contributed by atoms with Crippen LogP contribution in [0.1, 0.15) is 10.4 Å². The number of rotatable bonds is 3. The van der Waals surface area contributed by atoms with Gasteiger partial charge in [-0.25, -0.2) is 9.78 Å². The van der Waals surface area contributed by atoms with Crippen molar-refractivity contribution in [1.82, 2.24) is 9.55 Å². The number of aromatic nitrogens is 2. The zero-order valence-corrected chi connectivity index (χ0v) is 9.44. The predicted octanol–water partition coefficient (Wildman–Crippen LogP) is 1.57. The first kappa shape index (κ1) is 11.8. The molecule has 92 valence electrons. The summed E-state index contributed by atoms with van der Waals surface area (Å²) in [5, 5.41) is 10.9. The highest BCUT2D eigenvalue weighted by Gasteiger charge is 2.21. The molecule has 0 bridgehead atoms. The van der Waals surface area contributed by atoms with Crippen LogP contribution in [0.2, 0.25) is 0 Å². The van der Waals surface area contributed by atoms with E-state index in [0.717, 1.165) is 0 Å². The number of methoxy groups -OCH3 is 1. The van der Waals surface area contributed by atoms with E-state index in [-0.39, 0.29) is 11.3 Å². The maximum Gasteiger partial charge on any atom is 0.344 e. The monoisotopic (exact) mass is 247 g/mol. The predicted molar refractivity (Wildman–Crippen MR) is 61.6 cm³/mol. The van der Waals surface area contributed by atoms with Gasteiger partial charge in [0, 0.05) is 18.5 Å². The first-order valence-corrected chi connectivity index (χ1v) is 4.98. The smallest absolute Gasteiger partial charge is 0.344 e. The van der Waals surface area contributed by atoms with Crippen LogP contribution in [-0.4, -0.2) is 27.6 Å². The number of ether oxygens (including phenoxy) is 1. The quantitative estimate of drug-likeness (QED) is 0.466. The lowest BCUT2D eigenvalue weighted by Gasteiger charge is -2.05. The molecule has 0 spiro atoms. The van der Waals surface area contributed by atoms with Crippen molar-refractivity contribution in [3.63, 3.8) is 0 Å². The van der Waals surface area contributed by atoms with Crippen LogP contribution in [0.5, 0.6) is 0 Å². The lowest BCUT2D eigenvalue weighted by atomic mass is 10.1. The van der Waals surface area contributed by atoms with Crippen molar-refractivity contribution in [2.45, 2.75) is 0 Å². The number of nitrogens with zero attached hydrogens (tertiary/aromatic N) is 3. The minimum atomic E-state index is -0.737. The summed E-state index contributed by atoms with van der Waals surface area (Å²) in [6.07, 6.45) is 4.72. The molecule has 0 aliphatic rings. The molecule has 2 aromatic rings. The van der Waals surface area contributed by atoms with E-state index in [2.05, 4.69) is 9.72 Å². The molecule has 18 heavy (non-hydrogen) atoms. The molecule has 0 aliphatic heterocycles. The zero-order chi connectivity index (χ0) is 13.1. The van der Waals surface area contributed by atoms with Gasteiger partial charge in [-0.1, -0.05) is 0 Å². The standard InChI is InChI=1S/C11H9N3O4/c1-18-11(15)9-3-2-8(6-10(9)14(16)17)13-5-4-12-7-13/h2-7H,1H3. The highest BCUT2D eigenvalue weighted by molar-refractivity contribution is 5.94. The van der Waals surface area contributed by atoms with Gasteiger partial charge in [-0.2, -0.15) is 0 Å². The van der Waals surface area contributed by atoms with Crippen LogP contribution in [0.25, 0.3) is 5.69 Å². The number of carbonyl (C=O) groups excluding carboxylic acids is 1. The summed E-state index contributed by atoms with van der Waals surface area (Å²) in [5.41, 5.74) is 0.172. The number of nitro benzene ring substituents is 1. The summed E-state index contributed by atoms with van der Waals surface area (Å²) in [7, 11) is 1.18. The molecule has 7 nitrogen and oxygen atoms in total. The number of benzene rings is 1. The minimum Gasteiger partial charge on any atom is -0.465 e. The number of nitro groups is 1. The molecule has 0 radical (unpaired) electrons. The van der Waals surface area contributed by atoms with E-state index in [1.807, 2.05) is 0 Å². The van der Waals surface area contributed by atoms with Crippen LogP contribution < -0.4 is 0 Å². The van der Waals surface area contributed by atoms with E-state index >= 15 is 0 Å². The van der Waals surface area contributed by atoms with Crippen LogP contribution in [0.4, 0.5) is 5.69 Å². The van der Waals surface area contributed by atoms with E-state index in [1.54, 1.807) is 23.0 Å². The maximum atomic E-state index is 11.4. The fraction of sp³-hybridized carbons (Fsp3) is 0.0909. The molecular formula is C11H9N3O4. The third-order valence-electron chi connectivity index (χ3n) is 2.39. The van der Waals surface area contributed by atoms with Gasteiger partial charge in [0.15, 0.2) is 0 Å². The second-order valence-corrected chi connectivity index (χ2v) is 3.42. The van der Waals surface area contributed by atoms with Crippen LogP contribution in [-0.2, 0) is 4.74 Å². The Morgan fingerprint density at radius 3 is 2.83 bits per heavy atom. The molecule has 0 unspecified atom stereocenters. The Hall–Kier alpha value is -2.70. The Balaban J connectivity index is 2.54. The van der Waals surface area contributed by atoms with E-state index in [0.29, 0.717) is 5.69 Å². The van der Waals surface area contributed by atoms with Gasteiger partial charge in [0.1, 0.15) is 5.56 Å². The van der Waals surface area contributed by atoms with Gasteiger partial charge in [0.25, 0.3) is 5.69 Å². The molecular weight excluding hydrogens is 238 g/mol. The minimum absolute atomic E-state index is 0.0774. The third-order valence-corrected chi connectivity index (χ3v) is 2.39. The zero-order valence-electron chi connectivity index (χ0n) is 9.44. The third kappa shape index (κ3) is 2.05. The molecule has 0 saturated carbocycles. The van der Waals surface area contributed by atoms with Crippen LogP contribution in [0, 0.1) is 10.1 Å². The average Bonchev–Trinajstić information content (AvgIpc) is 2.91. The highest BCUT2D eigenvalue weighted by atomic mass is 16.6. The molecule has 0 N–H and O–H groups in total. The van der Waals surface area contributed by atoms with Gasteiger partial charge < -0.3 is 9.30 Å². The number of hydrogen-bond acceptors (Lipinski definition) is 5. The molecule has 0 saturated heterocycles. The van der Waals surface area contributed by atoms with Crippen molar-refractivity contribution in [3.8, 4) is 5.69 Å². The lowest BCUT2D eigenvalue weighted by Crippen LogP contribution is -2.06. The summed E-state index contributed by atoms with van der Waals surface area (Å²) >= 11 is 0. The van der Waals surface area contributed by atoms with Crippen molar-refractivity contribution in [1.29, 1.82) is 0 Å². The molecule has 1 aromatic heterocycles. The summed E-state index contributed by atoms with van der Waals surface area (Å²) in [5.74, 6) is -0.737. The largest absolute Gasteiger partial charge is 0.465 e. The molecule has 0 atom stereocenters. The van der Waals surface area contributed by atoms with E-state index in [1.165, 1.54) is 25.6 Å². The second kappa shape index (κ2) is 4.66. The molecule has 7 heteroatoms. The first-order valence-electron chi connectivity index (χ1n) is 4.98. The molecule has 1 heterocycles. The van der Waals surface area contributed by atoms with Gasteiger partial charge in [-0.3, -0.25) is 10.1 Å². The average molecular weight is 247 g/mol. The summed E-state index contributed by atoms with van der Waals surface area (Å²) in [6, 6.07) is 4.24. The Bertz CT molecular complexity index is 592. The van der Waals surface area contributed by atoms with Crippen molar-refractivity contribution in [3.05, 3.63) is 52.6 Å². The van der Waals surface area contributed by atoms with Crippen molar-refractivity contribution in [2.75, 3.05) is 7.11 Å². The molecule has 0 fully saturated rings.